The van der Waals surface area contributed by atoms with Crippen LogP contribution in [0, 0.1) is 0 Å². The number of hydrogen-bond acceptors (Lipinski definition) is 3. The average molecular weight is 276 g/mol. The van der Waals surface area contributed by atoms with E-state index in [-0.39, 0.29) is 5.91 Å². The van der Waals surface area contributed by atoms with E-state index in [9.17, 15) is 4.79 Å². The van der Waals surface area contributed by atoms with Crippen LogP contribution >= 0.6 is 11.6 Å². The maximum atomic E-state index is 12.5. The predicted molar refractivity (Wildman–Crippen MR) is 75.5 cm³/mol. The zero-order chi connectivity index (χ0) is 13.2. The predicted octanol–water partition coefficient (Wildman–Crippen LogP) is 1.93. The van der Waals surface area contributed by atoms with Crippen molar-refractivity contribution in [1.29, 1.82) is 0 Å². The monoisotopic (exact) mass is 275 g/mol. The number of halogens is 1. The van der Waals surface area contributed by atoms with Crippen molar-refractivity contribution < 1.29 is 4.79 Å². The first kappa shape index (κ1) is 12.4. The number of piperazine rings is 1. The van der Waals surface area contributed by atoms with Gasteiger partial charge in [0.2, 0.25) is 0 Å². The lowest BCUT2D eigenvalue weighted by molar-refractivity contribution is 0.0737. The number of benzene rings is 1. The van der Waals surface area contributed by atoms with Gasteiger partial charge in [-0.05, 0) is 17.5 Å². The molecule has 0 bridgehead atoms. The molecule has 19 heavy (non-hydrogen) atoms. The number of nitrogens with one attached hydrogen (secondary N) is 1. The van der Waals surface area contributed by atoms with Crippen LogP contribution in [0.1, 0.15) is 10.4 Å². The molecule has 0 aliphatic carbocycles. The van der Waals surface area contributed by atoms with Gasteiger partial charge in [0.15, 0.2) is 0 Å². The summed E-state index contributed by atoms with van der Waals surface area (Å²) in [6.07, 6.45) is 3.37. The first-order valence-corrected chi connectivity index (χ1v) is 6.67. The van der Waals surface area contributed by atoms with Gasteiger partial charge in [-0.15, -0.1) is 0 Å². The number of pyridine rings is 1. The number of carbonyl (C=O) groups excluding carboxylic acids is 1. The standard InChI is InChI=1S/C14H14ClN3O/c15-11-1-2-12-10(7-11)8-17-9-13(12)14(19)18-5-3-16-4-6-18/h1-2,7-9,16H,3-6H2. The summed E-state index contributed by atoms with van der Waals surface area (Å²) >= 11 is 5.97. The van der Waals surface area contributed by atoms with Crippen molar-refractivity contribution in [1.82, 2.24) is 15.2 Å². The lowest BCUT2D eigenvalue weighted by atomic mass is 10.1. The molecule has 3 rings (SSSR count). The summed E-state index contributed by atoms with van der Waals surface area (Å²) in [5, 5.41) is 5.69. The van der Waals surface area contributed by atoms with Crippen molar-refractivity contribution in [2.75, 3.05) is 26.2 Å². The minimum atomic E-state index is 0.0434. The summed E-state index contributed by atoms with van der Waals surface area (Å²) < 4.78 is 0. The SMILES string of the molecule is O=C(c1cncc2cc(Cl)ccc12)N1CCNCC1. The molecule has 1 saturated heterocycles. The minimum Gasteiger partial charge on any atom is -0.336 e. The van der Waals surface area contributed by atoms with Crippen molar-refractivity contribution in [2.45, 2.75) is 0 Å². The van der Waals surface area contributed by atoms with Crippen molar-refractivity contribution >= 4 is 28.3 Å². The third-order valence-corrected chi connectivity index (χ3v) is 3.59. The van der Waals surface area contributed by atoms with Gasteiger partial charge >= 0.3 is 0 Å². The summed E-state index contributed by atoms with van der Waals surface area (Å²) in [5.41, 5.74) is 0.649. The highest BCUT2D eigenvalue weighted by Crippen LogP contribution is 2.22. The van der Waals surface area contributed by atoms with Gasteiger partial charge < -0.3 is 10.2 Å². The highest BCUT2D eigenvalue weighted by molar-refractivity contribution is 6.31. The Kier molecular flexibility index (Phi) is 3.36. The molecular formula is C14H14ClN3O. The molecule has 1 amide bonds. The quantitative estimate of drug-likeness (QED) is 0.865. The number of rotatable bonds is 1. The van der Waals surface area contributed by atoms with Crippen LogP contribution in [0.25, 0.3) is 10.8 Å². The molecule has 1 aromatic carbocycles. The maximum Gasteiger partial charge on any atom is 0.256 e. The van der Waals surface area contributed by atoms with E-state index in [0.717, 1.165) is 37.0 Å². The van der Waals surface area contributed by atoms with E-state index in [4.69, 9.17) is 11.6 Å². The van der Waals surface area contributed by atoms with Gasteiger partial charge in [0.1, 0.15) is 0 Å². The van der Waals surface area contributed by atoms with Crippen molar-refractivity contribution in [3.63, 3.8) is 0 Å². The summed E-state index contributed by atoms with van der Waals surface area (Å²) in [6.45, 7) is 3.16. The molecule has 2 heterocycles. The van der Waals surface area contributed by atoms with Crippen LogP contribution in [0.3, 0.4) is 0 Å². The fourth-order valence-corrected chi connectivity index (χ4v) is 2.54. The van der Waals surface area contributed by atoms with E-state index in [2.05, 4.69) is 10.3 Å². The smallest absolute Gasteiger partial charge is 0.256 e. The molecule has 1 aromatic heterocycles. The maximum absolute atomic E-state index is 12.5. The van der Waals surface area contributed by atoms with Crippen molar-refractivity contribution in [3.8, 4) is 0 Å². The Labute approximate surface area is 116 Å². The lowest BCUT2D eigenvalue weighted by Crippen LogP contribution is -2.46. The molecule has 1 N–H and O–H groups in total. The molecule has 0 saturated carbocycles. The van der Waals surface area contributed by atoms with Gasteiger partial charge in [-0.25, -0.2) is 0 Å². The van der Waals surface area contributed by atoms with Crippen LogP contribution in [0.2, 0.25) is 5.02 Å². The van der Waals surface area contributed by atoms with Crippen LogP contribution in [0.5, 0.6) is 0 Å². The number of amides is 1. The number of aromatic nitrogens is 1. The zero-order valence-corrected chi connectivity index (χ0v) is 11.2. The Morgan fingerprint density at radius 3 is 2.84 bits per heavy atom. The molecule has 98 valence electrons. The molecule has 0 atom stereocenters. The molecule has 4 nitrogen and oxygen atoms in total. The van der Waals surface area contributed by atoms with Gasteiger partial charge in [-0.3, -0.25) is 9.78 Å². The Bertz CT molecular complexity index is 623. The van der Waals surface area contributed by atoms with E-state index in [1.807, 2.05) is 17.0 Å². The Morgan fingerprint density at radius 1 is 1.26 bits per heavy atom. The number of fused-ring (bicyclic) bond motifs is 1. The van der Waals surface area contributed by atoms with E-state index in [0.29, 0.717) is 10.6 Å². The highest BCUT2D eigenvalue weighted by atomic mass is 35.5. The molecular weight excluding hydrogens is 262 g/mol. The van der Waals surface area contributed by atoms with Gasteiger partial charge in [-0.2, -0.15) is 0 Å². The first-order valence-electron chi connectivity index (χ1n) is 6.29. The fraction of sp³-hybridized carbons (Fsp3) is 0.286. The van der Waals surface area contributed by atoms with Gasteiger partial charge in [-0.1, -0.05) is 17.7 Å². The van der Waals surface area contributed by atoms with E-state index in [1.54, 1.807) is 18.5 Å². The van der Waals surface area contributed by atoms with E-state index in [1.165, 1.54) is 0 Å². The summed E-state index contributed by atoms with van der Waals surface area (Å²) in [7, 11) is 0. The molecule has 1 aliphatic heterocycles. The molecule has 1 fully saturated rings. The van der Waals surface area contributed by atoms with Crippen LogP contribution in [0.15, 0.2) is 30.6 Å². The van der Waals surface area contributed by atoms with Gasteiger partial charge in [0, 0.05) is 49.0 Å². The number of carbonyl (C=O) groups is 1. The second-order valence-corrected chi connectivity index (χ2v) is 5.03. The Morgan fingerprint density at radius 2 is 2.05 bits per heavy atom. The molecule has 0 unspecified atom stereocenters. The van der Waals surface area contributed by atoms with Crippen molar-refractivity contribution in [3.05, 3.63) is 41.2 Å². The summed E-state index contributed by atoms with van der Waals surface area (Å²) in [5.74, 6) is 0.0434. The van der Waals surface area contributed by atoms with E-state index < -0.39 is 0 Å². The van der Waals surface area contributed by atoms with Gasteiger partial charge in [0.05, 0.1) is 5.56 Å². The molecule has 5 heteroatoms. The topological polar surface area (TPSA) is 45.2 Å². The number of hydrogen-bond donors (Lipinski definition) is 1. The second kappa shape index (κ2) is 5.15. The van der Waals surface area contributed by atoms with Gasteiger partial charge in [0.25, 0.3) is 5.91 Å². The third kappa shape index (κ3) is 2.41. The zero-order valence-electron chi connectivity index (χ0n) is 10.4. The molecule has 2 aromatic rings. The highest BCUT2D eigenvalue weighted by Gasteiger charge is 2.20. The van der Waals surface area contributed by atoms with Crippen LogP contribution < -0.4 is 5.32 Å². The van der Waals surface area contributed by atoms with Crippen LogP contribution in [0.4, 0.5) is 0 Å². The average Bonchev–Trinajstić information content (AvgIpc) is 2.46. The third-order valence-electron chi connectivity index (χ3n) is 3.36. The summed E-state index contributed by atoms with van der Waals surface area (Å²) in [4.78, 5) is 18.5. The Balaban J connectivity index is 2.02. The van der Waals surface area contributed by atoms with E-state index >= 15 is 0 Å². The number of nitrogens with zero attached hydrogens (tertiary/aromatic N) is 2. The molecule has 0 radical (unpaired) electrons. The second-order valence-electron chi connectivity index (χ2n) is 4.59. The summed E-state index contributed by atoms with van der Waals surface area (Å²) in [6, 6.07) is 5.52. The van der Waals surface area contributed by atoms with Crippen molar-refractivity contribution in [2.24, 2.45) is 0 Å². The normalized spacial score (nSPS) is 15.7. The Hall–Kier alpha value is -1.65. The van der Waals surface area contributed by atoms with Crippen LogP contribution in [-0.2, 0) is 0 Å². The molecule has 0 spiro atoms. The largest absolute Gasteiger partial charge is 0.336 e. The fourth-order valence-electron chi connectivity index (χ4n) is 2.36. The molecule has 1 aliphatic rings. The lowest BCUT2D eigenvalue weighted by Gasteiger charge is -2.27. The minimum absolute atomic E-state index is 0.0434. The first-order chi connectivity index (χ1) is 9.25. The van der Waals surface area contributed by atoms with Crippen LogP contribution in [-0.4, -0.2) is 42.0 Å².